The summed E-state index contributed by atoms with van der Waals surface area (Å²) in [6.45, 7) is 2.49. The Kier molecular flexibility index (Phi) is 4.27. The Labute approximate surface area is 126 Å². The number of anilines is 1. The fourth-order valence-corrected chi connectivity index (χ4v) is 3.46. The molecule has 0 spiro atoms. The van der Waals surface area contributed by atoms with E-state index in [-0.39, 0.29) is 5.91 Å². The van der Waals surface area contributed by atoms with Crippen molar-refractivity contribution in [2.24, 2.45) is 11.1 Å². The molecule has 1 saturated heterocycles. The van der Waals surface area contributed by atoms with Gasteiger partial charge in [0, 0.05) is 32.0 Å². The summed E-state index contributed by atoms with van der Waals surface area (Å²) < 4.78 is 5.43. The second kappa shape index (κ2) is 6.16. The van der Waals surface area contributed by atoms with Crippen molar-refractivity contribution < 1.29 is 9.53 Å². The van der Waals surface area contributed by atoms with Crippen LogP contribution in [0.15, 0.2) is 24.3 Å². The Bertz CT molecular complexity index is 509. The van der Waals surface area contributed by atoms with Gasteiger partial charge in [-0.05, 0) is 43.7 Å². The second-order valence-corrected chi connectivity index (χ2v) is 6.14. The lowest BCUT2D eigenvalue weighted by Crippen LogP contribution is -2.51. The van der Waals surface area contributed by atoms with Crippen molar-refractivity contribution in [2.75, 3.05) is 31.2 Å². The molecule has 114 valence electrons. The van der Waals surface area contributed by atoms with Gasteiger partial charge in [-0.3, -0.25) is 4.79 Å². The molecule has 0 atom stereocenters. The van der Waals surface area contributed by atoms with Gasteiger partial charge in [-0.2, -0.15) is 0 Å². The SMILES string of the molecule is NCC1(C(=O)N2CCCCc3ccccc32)CCOCC1. The molecular formula is C17H24N2O2. The van der Waals surface area contributed by atoms with Gasteiger partial charge < -0.3 is 15.4 Å². The predicted octanol–water partition coefficient (Wildman–Crippen LogP) is 2.11. The van der Waals surface area contributed by atoms with Crippen LogP contribution in [0.5, 0.6) is 0 Å². The summed E-state index contributed by atoms with van der Waals surface area (Å²) in [6.07, 6.45) is 4.72. The van der Waals surface area contributed by atoms with Gasteiger partial charge >= 0.3 is 0 Å². The Morgan fingerprint density at radius 3 is 2.76 bits per heavy atom. The molecular weight excluding hydrogens is 264 g/mol. The highest BCUT2D eigenvalue weighted by Gasteiger charge is 2.42. The van der Waals surface area contributed by atoms with Crippen LogP contribution in [0.1, 0.15) is 31.2 Å². The molecule has 0 aliphatic carbocycles. The van der Waals surface area contributed by atoms with E-state index in [4.69, 9.17) is 10.5 Å². The molecule has 2 aliphatic heterocycles. The maximum Gasteiger partial charge on any atom is 0.234 e. The van der Waals surface area contributed by atoms with E-state index < -0.39 is 5.41 Å². The molecule has 1 aromatic carbocycles. The molecule has 0 saturated carbocycles. The number of carbonyl (C=O) groups excluding carboxylic acids is 1. The number of aryl methyl sites for hydroxylation is 1. The number of amides is 1. The second-order valence-electron chi connectivity index (χ2n) is 6.14. The van der Waals surface area contributed by atoms with Crippen molar-refractivity contribution in [3.63, 3.8) is 0 Å². The van der Waals surface area contributed by atoms with E-state index >= 15 is 0 Å². The van der Waals surface area contributed by atoms with Gasteiger partial charge in [0.25, 0.3) is 0 Å². The smallest absolute Gasteiger partial charge is 0.234 e. The molecule has 4 nitrogen and oxygen atoms in total. The van der Waals surface area contributed by atoms with Crippen LogP contribution < -0.4 is 10.6 Å². The first-order chi connectivity index (χ1) is 10.3. The molecule has 1 fully saturated rings. The first-order valence-corrected chi connectivity index (χ1v) is 7.94. The Morgan fingerprint density at radius 1 is 1.24 bits per heavy atom. The van der Waals surface area contributed by atoms with E-state index in [9.17, 15) is 4.79 Å². The number of carbonyl (C=O) groups is 1. The Balaban J connectivity index is 1.93. The van der Waals surface area contributed by atoms with Crippen LogP contribution in [0.4, 0.5) is 5.69 Å². The molecule has 1 amide bonds. The number of nitrogens with two attached hydrogens (primary N) is 1. The summed E-state index contributed by atoms with van der Waals surface area (Å²) in [4.78, 5) is 15.2. The first kappa shape index (κ1) is 14.5. The van der Waals surface area contributed by atoms with Crippen LogP contribution in [0.25, 0.3) is 0 Å². The summed E-state index contributed by atoms with van der Waals surface area (Å²) in [5.41, 5.74) is 7.93. The van der Waals surface area contributed by atoms with E-state index in [1.807, 2.05) is 11.0 Å². The van der Waals surface area contributed by atoms with Gasteiger partial charge in [-0.1, -0.05) is 18.2 Å². The predicted molar refractivity (Wildman–Crippen MR) is 83.3 cm³/mol. The third-order valence-corrected chi connectivity index (χ3v) is 4.90. The third kappa shape index (κ3) is 2.70. The zero-order chi connectivity index (χ0) is 14.7. The fraction of sp³-hybridized carbons (Fsp3) is 0.588. The van der Waals surface area contributed by atoms with Crippen LogP contribution in [0.3, 0.4) is 0 Å². The number of hydrogen-bond donors (Lipinski definition) is 1. The molecule has 4 heteroatoms. The van der Waals surface area contributed by atoms with Gasteiger partial charge in [0.05, 0.1) is 5.41 Å². The number of fused-ring (bicyclic) bond motifs is 1. The van der Waals surface area contributed by atoms with Gasteiger partial charge in [0.2, 0.25) is 5.91 Å². The highest BCUT2D eigenvalue weighted by Crippen LogP contribution is 2.35. The van der Waals surface area contributed by atoms with Gasteiger partial charge in [-0.15, -0.1) is 0 Å². The quantitative estimate of drug-likeness (QED) is 0.907. The molecule has 2 aliphatic rings. The Morgan fingerprint density at radius 2 is 2.00 bits per heavy atom. The zero-order valence-corrected chi connectivity index (χ0v) is 12.5. The molecule has 21 heavy (non-hydrogen) atoms. The van der Waals surface area contributed by atoms with Gasteiger partial charge in [-0.25, -0.2) is 0 Å². The number of hydrogen-bond acceptors (Lipinski definition) is 3. The molecule has 0 aromatic heterocycles. The number of para-hydroxylation sites is 1. The van der Waals surface area contributed by atoms with Crippen molar-refractivity contribution in [1.29, 1.82) is 0 Å². The molecule has 1 aromatic rings. The number of benzene rings is 1. The van der Waals surface area contributed by atoms with Crippen LogP contribution in [-0.4, -0.2) is 32.2 Å². The zero-order valence-electron chi connectivity index (χ0n) is 12.5. The van der Waals surface area contributed by atoms with Crippen molar-refractivity contribution in [3.05, 3.63) is 29.8 Å². The molecule has 0 unspecified atom stereocenters. The van der Waals surface area contributed by atoms with E-state index in [1.54, 1.807) is 0 Å². The average molecular weight is 288 g/mol. The summed E-state index contributed by atoms with van der Waals surface area (Å²) in [5, 5.41) is 0. The standard InChI is InChI=1S/C17H24N2O2/c18-13-17(8-11-21-12-9-17)16(20)19-10-4-3-6-14-5-1-2-7-15(14)19/h1-2,5,7H,3-4,6,8-13,18H2. The van der Waals surface area contributed by atoms with Crippen molar-refractivity contribution in [1.82, 2.24) is 0 Å². The van der Waals surface area contributed by atoms with Gasteiger partial charge in [0.15, 0.2) is 0 Å². The van der Waals surface area contributed by atoms with Crippen LogP contribution in [0.2, 0.25) is 0 Å². The minimum Gasteiger partial charge on any atom is -0.381 e. The van der Waals surface area contributed by atoms with E-state index in [0.717, 1.165) is 44.3 Å². The molecule has 0 radical (unpaired) electrons. The topological polar surface area (TPSA) is 55.6 Å². The summed E-state index contributed by atoms with van der Waals surface area (Å²) in [7, 11) is 0. The first-order valence-electron chi connectivity index (χ1n) is 7.94. The number of ether oxygens (including phenoxy) is 1. The summed E-state index contributed by atoms with van der Waals surface area (Å²) >= 11 is 0. The van der Waals surface area contributed by atoms with E-state index in [0.29, 0.717) is 19.8 Å². The third-order valence-electron chi connectivity index (χ3n) is 4.90. The summed E-state index contributed by atoms with van der Waals surface area (Å²) in [6, 6.07) is 8.28. The minimum atomic E-state index is -0.435. The van der Waals surface area contributed by atoms with Crippen LogP contribution in [0, 0.1) is 5.41 Å². The maximum absolute atomic E-state index is 13.2. The molecule has 3 rings (SSSR count). The maximum atomic E-state index is 13.2. The lowest BCUT2D eigenvalue weighted by molar-refractivity contribution is -0.133. The van der Waals surface area contributed by atoms with Crippen molar-refractivity contribution in [2.45, 2.75) is 32.1 Å². The highest BCUT2D eigenvalue weighted by atomic mass is 16.5. The lowest BCUT2D eigenvalue weighted by atomic mass is 9.78. The summed E-state index contributed by atoms with van der Waals surface area (Å²) in [5.74, 6) is 0.197. The van der Waals surface area contributed by atoms with Crippen molar-refractivity contribution in [3.8, 4) is 0 Å². The van der Waals surface area contributed by atoms with Crippen LogP contribution in [-0.2, 0) is 16.0 Å². The van der Waals surface area contributed by atoms with E-state index in [1.165, 1.54) is 5.56 Å². The molecule has 2 N–H and O–H groups in total. The largest absolute Gasteiger partial charge is 0.381 e. The minimum absolute atomic E-state index is 0.197. The average Bonchev–Trinajstić information content (AvgIpc) is 2.77. The van der Waals surface area contributed by atoms with Gasteiger partial charge in [0.1, 0.15) is 0 Å². The monoisotopic (exact) mass is 288 g/mol. The lowest BCUT2D eigenvalue weighted by Gasteiger charge is -2.39. The Hall–Kier alpha value is -1.39. The van der Waals surface area contributed by atoms with E-state index in [2.05, 4.69) is 18.2 Å². The molecule has 0 bridgehead atoms. The number of nitrogens with zero attached hydrogens (tertiary/aromatic N) is 1. The van der Waals surface area contributed by atoms with Crippen molar-refractivity contribution >= 4 is 11.6 Å². The normalized spacial score (nSPS) is 21.5. The highest BCUT2D eigenvalue weighted by molar-refractivity contribution is 5.98. The molecule has 2 heterocycles. The van der Waals surface area contributed by atoms with Crippen LogP contribution >= 0.6 is 0 Å². The number of rotatable bonds is 2. The fourth-order valence-electron chi connectivity index (χ4n) is 3.46.